The summed E-state index contributed by atoms with van der Waals surface area (Å²) in [6, 6.07) is 8.80. The highest BCUT2D eigenvalue weighted by molar-refractivity contribution is 5.82. The van der Waals surface area contributed by atoms with E-state index in [-0.39, 0.29) is 0 Å². The second-order valence-electron chi connectivity index (χ2n) is 5.19. The minimum Gasteiger partial charge on any atom is -0.361 e. The molecular weight excluding hydrogens is 210 g/mol. The number of hydrogen-bond donors (Lipinski definition) is 2. The number of fused-ring (bicyclic) bond motifs is 1. The van der Waals surface area contributed by atoms with Crippen molar-refractivity contribution in [2.24, 2.45) is 11.7 Å². The summed E-state index contributed by atoms with van der Waals surface area (Å²) in [6.07, 6.45) is 2.12. The van der Waals surface area contributed by atoms with Gasteiger partial charge in [0, 0.05) is 42.8 Å². The van der Waals surface area contributed by atoms with Crippen LogP contribution in [0.2, 0.25) is 0 Å². The SMILES string of the molecule is CC1CN(Cc2c[nH]c3ccccc23)CC1N. The molecule has 1 fully saturated rings. The number of rotatable bonds is 2. The Labute approximate surface area is 102 Å². The van der Waals surface area contributed by atoms with Crippen molar-refractivity contribution in [2.75, 3.05) is 13.1 Å². The van der Waals surface area contributed by atoms with E-state index in [1.807, 2.05) is 0 Å². The van der Waals surface area contributed by atoms with Crippen LogP contribution in [-0.4, -0.2) is 29.0 Å². The molecule has 3 heteroatoms. The fourth-order valence-corrected chi connectivity index (χ4v) is 2.73. The van der Waals surface area contributed by atoms with Gasteiger partial charge in [-0.2, -0.15) is 0 Å². The third kappa shape index (κ3) is 1.96. The van der Waals surface area contributed by atoms with Crippen LogP contribution in [0.3, 0.4) is 0 Å². The lowest BCUT2D eigenvalue weighted by molar-refractivity contribution is 0.320. The first-order valence-electron chi connectivity index (χ1n) is 6.27. The zero-order valence-corrected chi connectivity index (χ0v) is 10.2. The van der Waals surface area contributed by atoms with Crippen LogP contribution in [0.15, 0.2) is 30.5 Å². The number of nitrogens with two attached hydrogens (primary N) is 1. The van der Waals surface area contributed by atoms with E-state index in [9.17, 15) is 0 Å². The van der Waals surface area contributed by atoms with Crippen LogP contribution in [0.25, 0.3) is 10.9 Å². The van der Waals surface area contributed by atoms with Gasteiger partial charge in [-0.05, 0) is 17.5 Å². The fraction of sp³-hybridized carbons (Fsp3) is 0.429. The number of aromatic amines is 1. The Hall–Kier alpha value is -1.32. The monoisotopic (exact) mass is 229 g/mol. The number of benzene rings is 1. The fourth-order valence-electron chi connectivity index (χ4n) is 2.73. The van der Waals surface area contributed by atoms with Crippen molar-refractivity contribution in [2.45, 2.75) is 19.5 Å². The van der Waals surface area contributed by atoms with E-state index < -0.39 is 0 Å². The van der Waals surface area contributed by atoms with Crippen molar-refractivity contribution in [1.29, 1.82) is 0 Å². The van der Waals surface area contributed by atoms with Gasteiger partial charge >= 0.3 is 0 Å². The summed E-state index contributed by atoms with van der Waals surface area (Å²) in [5.74, 6) is 0.611. The van der Waals surface area contributed by atoms with E-state index in [0.29, 0.717) is 12.0 Å². The van der Waals surface area contributed by atoms with Crippen molar-refractivity contribution in [3.63, 3.8) is 0 Å². The molecule has 0 amide bonds. The quantitative estimate of drug-likeness (QED) is 0.826. The number of nitrogens with one attached hydrogen (secondary N) is 1. The second-order valence-corrected chi connectivity index (χ2v) is 5.19. The molecule has 3 nitrogen and oxygen atoms in total. The van der Waals surface area contributed by atoms with E-state index in [4.69, 9.17) is 5.73 Å². The standard InChI is InChI=1S/C14H19N3/c1-10-7-17(9-13(10)15)8-11-6-16-14-5-3-2-4-12(11)14/h2-6,10,13,16H,7-9,15H2,1H3. The molecular formula is C14H19N3. The van der Waals surface area contributed by atoms with Crippen LogP contribution in [-0.2, 0) is 6.54 Å². The number of likely N-dealkylation sites (tertiary alicyclic amines) is 1. The third-order valence-corrected chi connectivity index (χ3v) is 3.81. The summed E-state index contributed by atoms with van der Waals surface area (Å²) in [7, 11) is 0. The Balaban J connectivity index is 1.81. The molecule has 90 valence electrons. The Morgan fingerprint density at radius 2 is 2.18 bits per heavy atom. The summed E-state index contributed by atoms with van der Waals surface area (Å²) in [4.78, 5) is 5.78. The van der Waals surface area contributed by atoms with Gasteiger partial charge in [0.05, 0.1) is 0 Å². The first-order chi connectivity index (χ1) is 8.24. The highest BCUT2D eigenvalue weighted by Crippen LogP contribution is 2.22. The first-order valence-corrected chi connectivity index (χ1v) is 6.27. The lowest BCUT2D eigenvalue weighted by Crippen LogP contribution is -2.28. The van der Waals surface area contributed by atoms with Crippen molar-refractivity contribution in [3.05, 3.63) is 36.0 Å². The number of nitrogens with zero attached hydrogens (tertiary/aromatic N) is 1. The number of aromatic nitrogens is 1. The average Bonchev–Trinajstić information content (AvgIpc) is 2.85. The van der Waals surface area contributed by atoms with Crippen LogP contribution in [0, 0.1) is 5.92 Å². The van der Waals surface area contributed by atoms with Gasteiger partial charge in [0.15, 0.2) is 0 Å². The van der Waals surface area contributed by atoms with Gasteiger partial charge in [-0.1, -0.05) is 25.1 Å². The molecule has 2 heterocycles. The molecule has 3 rings (SSSR count). The topological polar surface area (TPSA) is 45.0 Å². The zero-order valence-electron chi connectivity index (χ0n) is 10.2. The van der Waals surface area contributed by atoms with Gasteiger partial charge in [-0.3, -0.25) is 4.90 Å². The highest BCUT2D eigenvalue weighted by atomic mass is 15.2. The molecule has 0 saturated carbocycles. The Bertz CT molecular complexity index is 507. The maximum Gasteiger partial charge on any atom is 0.0457 e. The smallest absolute Gasteiger partial charge is 0.0457 e. The predicted molar refractivity (Wildman–Crippen MR) is 70.7 cm³/mol. The van der Waals surface area contributed by atoms with Crippen LogP contribution in [0.1, 0.15) is 12.5 Å². The zero-order chi connectivity index (χ0) is 11.8. The number of H-pyrrole nitrogens is 1. The summed E-state index contributed by atoms with van der Waals surface area (Å²) in [5.41, 5.74) is 8.66. The largest absolute Gasteiger partial charge is 0.361 e. The lowest BCUT2D eigenvalue weighted by Gasteiger charge is -2.14. The molecule has 1 saturated heterocycles. The van der Waals surface area contributed by atoms with Crippen LogP contribution in [0.4, 0.5) is 0 Å². The molecule has 1 aromatic heterocycles. The van der Waals surface area contributed by atoms with E-state index >= 15 is 0 Å². The maximum atomic E-state index is 6.06. The number of hydrogen-bond acceptors (Lipinski definition) is 2. The van der Waals surface area contributed by atoms with Crippen LogP contribution >= 0.6 is 0 Å². The number of para-hydroxylation sites is 1. The summed E-state index contributed by atoms with van der Waals surface area (Å²) in [6.45, 7) is 5.36. The summed E-state index contributed by atoms with van der Waals surface area (Å²) >= 11 is 0. The average molecular weight is 229 g/mol. The second kappa shape index (κ2) is 4.17. The molecule has 1 aliphatic heterocycles. The molecule has 0 bridgehead atoms. The first kappa shape index (κ1) is 10.8. The summed E-state index contributed by atoms with van der Waals surface area (Å²) < 4.78 is 0. The van der Waals surface area contributed by atoms with Gasteiger partial charge < -0.3 is 10.7 Å². The van der Waals surface area contributed by atoms with Crippen LogP contribution < -0.4 is 5.73 Å². The molecule has 17 heavy (non-hydrogen) atoms. The van der Waals surface area contributed by atoms with Crippen molar-refractivity contribution in [1.82, 2.24) is 9.88 Å². The molecule has 2 aromatic rings. The molecule has 3 N–H and O–H groups in total. The molecule has 1 aliphatic rings. The summed E-state index contributed by atoms with van der Waals surface area (Å²) in [5, 5.41) is 1.33. The highest BCUT2D eigenvalue weighted by Gasteiger charge is 2.26. The van der Waals surface area contributed by atoms with Gasteiger partial charge in [-0.15, -0.1) is 0 Å². The minimum atomic E-state index is 0.334. The van der Waals surface area contributed by atoms with Gasteiger partial charge in [0.1, 0.15) is 0 Å². The van der Waals surface area contributed by atoms with Crippen LogP contribution in [0.5, 0.6) is 0 Å². The third-order valence-electron chi connectivity index (χ3n) is 3.81. The normalized spacial score (nSPS) is 25.8. The Kier molecular flexibility index (Phi) is 2.65. The van der Waals surface area contributed by atoms with Gasteiger partial charge in [0.2, 0.25) is 0 Å². The van der Waals surface area contributed by atoms with E-state index in [1.165, 1.54) is 16.5 Å². The van der Waals surface area contributed by atoms with E-state index in [1.54, 1.807) is 0 Å². The van der Waals surface area contributed by atoms with Crippen molar-refractivity contribution < 1.29 is 0 Å². The minimum absolute atomic E-state index is 0.334. The van der Waals surface area contributed by atoms with Crippen molar-refractivity contribution in [3.8, 4) is 0 Å². The Morgan fingerprint density at radius 3 is 2.94 bits per heavy atom. The maximum absolute atomic E-state index is 6.06. The molecule has 0 radical (unpaired) electrons. The molecule has 0 spiro atoms. The molecule has 1 aromatic carbocycles. The van der Waals surface area contributed by atoms with Gasteiger partial charge in [0.25, 0.3) is 0 Å². The molecule has 0 aliphatic carbocycles. The molecule has 2 unspecified atom stereocenters. The van der Waals surface area contributed by atoms with E-state index in [0.717, 1.165) is 19.6 Å². The lowest BCUT2D eigenvalue weighted by atomic mass is 10.1. The van der Waals surface area contributed by atoms with Crippen molar-refractivity contribution >= 4 is 10.9 Å². The molecule has 2 atom stereocenters. The predicted octanol–water partition coefficient (Wildman–Crippen LogP) is 1.95. The van der Waals surface area contributed by atoms with Gasteiger partial charge in [-0.25, -0.2) is 0 Å². The van der Waals surface area contributed by atoms with E-state index in [2.05, 4.69) is 47.3 Å². The Morgan fingerprint density at radius 1 is 1.35 bits per heavy atom.